The maximum atomic E-state index is 12.3. The molecule has 7 heteroatoms. The Balaban J connectivity index is 1.88. The molecule has 1 aromatic rings. The number of rotatable bonds is 0. The molecule has 2 heterocycles. The standard InChI is InChI=1S/C15H15NO6/c17-10-2-8-7-1-6-4-21-5-22-11(6)3-9(7)15(20)16-12(8)14(19)13(10)18/h1-3,10,12-14,17-19H,4-5H2,(H,16,20). The van der Waals surface area contributed by atoms with Gasteiger partial charge in [0.15, 0.2) is 6.79 Å². The number of hydrogen-bond donors (Lipinski definition) is 4. The zero-order chi connectivity index (χ0) is 15.4. The van der Waals surface area contributed by atoms with Crippen molar-refractivity contribution in [1.29, 1.82) is 0 Å². The van der Waals surface area contributed by atoms with Gasteiger partial charge in [-0.15, -0.1) is 0 Å². The van der Waals surface area contributed by atoms with Crippen LogP contribution in [0.4, 0.5) is 0 Å². The van der Waals surface area contributed by atoms with Crippen LogP contribution in [0.3, 0.4) is 0 Å². The van der Waals surface area contributed by atoms with Gasteiger partial charge in [0.2, 0.25) is 0 Å². The van der Waals surface area contributed by atoms with E-state index in [-0.39, 0.29) is 12.7 Å². The molecule has 0 bridgehead atoms. The van der Waals surface area contributed by atoms with E-state index in [2.05, 4.69) is 5.32 Å². The van der Waals surface area contributed by atoms with Gasteiger partial charge < -0.3 is 30.1 Å². The van der Waals surface area contributed by atoms with Gasteiger partial charge in [-0.05, 0) is 29.3 Å². The third-order valence-electron chi connectivity index (χ3n) is 4.32. The lowest BCUT2D eigenvalue weighted by Gasteiger charge is -2.39. The van der Waals surface area contributed by atoms with Crippen molar-refractivity contribution in [3.05, 3.63) is 34.9 Å². The second kappa shape index (κ2) is 4.79. The number of fused-ring (bicyclic) bond motifs is 4. The average molecular weight is 305 g/mol. The van der Waals surface area contributed by atoms with Crippen molar-refractivity contribution in [3.63, 3.8) is 0 Å². The molecular formula is C15H15NO6. The van der Waals surface area contributed by atoms with Crippen molar-refractivity contribution in [2.24, 2.45) is 0 Å². The largest absolute Gasteiger partial charge is 0.467 e. The lowest BCUT2D eigenvalue weighted by molar-refractivity contribution is -0.0535. The smallest absolute Gasteiger partial charge is 0.252 e. The van der Waals surface area contributed by atoms with E-state index in [1.165, 1.54) is 6.08 Å². The number of aliphatic hydroxyl groups excluding tert-OH is 3. The minimum absolute atomic E-state index is 0.141. The summed E-state index contributed by atoms with van der Waals surface area (Å²) in [5, 5.41) is 32.4. The van der Waals surface area contributed by atoms with Gasteiger partial charge in [-0.2, -0.15) is 0 Å². The maximum absolute atomic E-state index is 12.3. The van der Waals surface area contributed by atoms with Crippen molar-refractivity contribution in [1.82, 2.24) is 5.32 Å². The van der Waals surface area contributed by atoms with Gasteiger partial charge in [0.25, 0.3) is 5.91 Å². The van der Waals surface area contributed by atoms with Crippen LogP contribution in [0.25, 0.3) is 5.57 Å². The summed E-state index contributed by atoms with van der Waals surface area (Å²) in [5.74, 6) is 0.244. The van der Waals surface area contributed by atoms with Gasteiger partial charge >= 0.3 is 0 Å². The first kappa shape index (κ1) is 13.7. The molecule has 4 atom stereocenters. The Labute approximate surface area is 125 Å². The number of carbonyl (C=O) groups excluding carboxylic acids is 1. The monoisotopic (exact) mass is 305 g/mol. The molecule has 0 aromatic heterocycles. The van der Waals surface area contributed by atoms with Gasteiger partial charge in [0.05, 0.1) is 18.2 Å². The first-order valence-electron chi connectivity index (χ1n) is 7.01. The lowest BCUT2D eigenvalue weighted by atomic mass is 9.79. The van der Waals surface area contributed by atoms with E-state index in [1.807, 2.05) is 0 Å². The number of ether oxygens (including phenoxy) is 2. The minimum Gasteiger partial charge on any atom is -0.467 e. The van der Waals surface area contributed by atoms with Gasteiger partial charge in [-0.1, -0.05) is 0 Å². The van der Waals surface area contributed by atoms with Crippen LogP contribution in [0, 0.1) is 0 Å². The molecule has 1 aromatic carbocycles. The van der Waals surface area contributed by atoms with Crippen molar-refractivity contribution in [2.75, 3.05) is 6.79 Å². The van der Waals surface area contributed by atoms with Crippen LogP contribution in [0.2, 0.25) is 0 Å². The van der Waals surface area contributed by atoms with Crippen molar-refractivity contribution >= 4 is 11.5 Å². The fraction of sp³-hybridized carbons (Fsp3) is 0.400. The molecule has 0 spiro atoms. The summed E-state index contributed by atoms with van der Waals surface area (Å²) >= 11 is 0. The van der Waals surface area contributed by atoms with Crippen LogP contribution in [0.5, 0.6) is 5.75 Å². The van der Waals surface area contributed by atoms with E-state index in [0.717, 1.165) is 5.56 Å². The Kier molecular flexibility index (Phi) is 2.98. The highest BCUT2D eigenvalue weighted by molar-refractivity contribution is 6.04. The fourth-order valence-electron chi connectivity index (χ4n) is 3.16. The molecule has 0 saturated carbocycles. The SMILES string of the molecule is O=C1NC2C(=CC(O)C(O)C2O)c2cc3c(cc21)OCOC3. The van der Waals surface area contributed by atoms with Crippen LogP contribution >= 0.6 is 0 Å². The summed E-state index contributed by atoms with van der Waals surface area (Å²) in [7, 11) is 0. The molecule has 4 unspecified atom stereocenters. The second-order valence-corrected chi connectivity index (χ2v) is 5.66. The summed E-state index contributed by atoms with van der Waals surface area (Å²) in [4.78, 5) is 12.3. The van der Waals surface area contributed by atoms with Crippen molar-refractivity contribution in [2.45, 2.75) is 31.0 Å². The molecule has 0 fully saturated rings. The third-order valence-corrected chi connectivity index (χ3v) is 4.32. The maximum Gasteiger partial charge on any atom is 0.252 e. The summed E-state index contributed by atoms with van der Waals surface area (Å²) < 4.78 is 10.6. The Morgan fingerprint density at radius 2 is 1.95 bits per heavy atom. The molecule has 3 aliphatic rings. The highest BCUT2D eigenvalue weighted by Gasteiger charge is 2.42. The average Bonchev–Trinajstić information content (AvgIpc) is 2.53. The molecule has 1 aliphatic carbocycles. The van der Waals surface area contributed by atoms with Gasteiger partial charge in [0, 0.05) is 5.56 Å². The van der Waals surface area contributed by atoms with Crippen LogP contribution < -0.4 is 10.1 Å². The number of hydrogen-bond acceptors (Lipinski definition) is 6. The van der Waals surface area contributed by atoms with Crippen molar-refractivity contribution < 1.29 is 29.6 Å². The Bertz CT molecular complexity index is 685. The highest BCUT2D eigenvalue weighted by atomic mass is 16.7. The normalized spacial score (nSPS) is 32.9. The number of aliphatic hydroxyl groups is 3. The van der Waals surface area contributed by atoms with Crippen LogP contribution in [0.1, 0.15) is 21.5 Å². The minimum atomic E-state index is -1.33. The molecule has 0 radical (unpaired) electrons. The molecule has 7 nitrogen and oxygen atoms in total. The van der Waals surface area contributed by atoms with Crippen LogP contribution in [0.15, 0.2) is 18.2 Å². The van der Waals surface area contributed by atoms with Gasteiger partial charge in [0.1, 0.15) is 24.1 Å². The zero-order valence-electron chi connectivity index (χ0n) is 11.5. The van der Waals surface area contributed by atoms with Crippen molar-refractivity contribution in [3.8, 4) is 5.75 Å². The Morgan fingerprint density at radius 3 is 2.77 bits per heavy atom. The molecule has 4 N–H and O–H groups in total. The first-order valence-corrected chi connectivity index (χ1v) is 7.01. The summed E-state index contributed by atoms with van der Waals surface area (Å²) in [6.07, 6.45) is -2.32. The van der Waals surface area contributed by atoms with E-state index in [0.29, 0.717) is 29.1 Å². The zero-order valence-corrected chi connectivity index (χ0v) is 11.5. The summed E-state index contributed by atoms with van der Waals surface area (Å²) in [5.41, 5.74) is 2.42. The number of nitrogens with one attached hydrogen (secondary N) is 1. The lowest BCUT2D eigenvalue weighted by Crippen LogP contribution is -2.57. The van der Waals surface area contributed by atoms with Crippen LogP contribution in [-0.4, -0.2) is 52.4 Å². The van der Waals surface area contributed by atoms with Crippen LogP contribution in [-0.2, 0) is 11.3 Å². The quantitative estimate of drug-likeness (QED) is 0.497. The molecule has 2 aliphatic heterocycles. The first-order chi connectivity index (χ1) is 10.6. The Morgan fingerprint density at radius 1 is 1.14 bits per heavy atom. The topological polar surface area (TPSA) is 108 Å². The molecule has 116 valence electrons. The van der Waals surface area contributed by atoms with Gasteiger partial charge in [-0.25, -0.2) is 0 Å². The van der Waals surface area contributed by atoms with Gasteiger partial charge in [-0.3, -0.25) is 4.79 Å². The molecular weight excluding hydrogens is 290 g/mol. The summed E-state index contributed by atoms with van der Waals surface area (Å²) in [6, 6.07) is 2.67. The van der Waals surface area contributed by atoms with E-state index in [4.69, 9.17) is 9.47 Å². The van der Waals surface area contributed by atoms with E-state index in [9.17, 15) is 20.1 Å². The Hall–Kier alpha value is -1.93. The number of amides is 1. The molecule has 22 heavy (non-hydrogen) atoms. The molecule has 0 saturated heterocycles. The molecule has 1 amide bonds. The second-order valence-electron chi connectivity index (χ2n) is 5.66. The van der Waals surface area contributed by atoms with E-state index in [1.54, 1.807) is 12.1 Å². The summed E-state index contributed by atoms with van der Waals surface area (Å²) in [6.45, 7) is 0.512. The highest BCUT2D eigenvalue weighted by Crippen LogP contribution is 2.38. The predicted octanol–water partition coefficient (Wildman–Crippen LogP) is -0.855. The third kappa shape index (κ3) is 1.87. The number of carbonyl (C=O) groups is 1. The fourth-order valence-corrected chi connectivity index (χ4v) is 3.16. The molecule has 4 rings (SSSR count). The van der Waals surface area contributed by atoms with E-state index < -0.39 is 24.4 Å². The predicted molar refractivity (Wildman–Crippen MR) is 74.0 cm³/mol. The van der Waals surface area contributed by atoms with E-state index >= 15 is 0 Å². The number of benzene rings is 1.